The van der Waals surface area contributed by atoms with Crippen molar-refractivity contribution in [3.05, 3.63) is 24.3 Å². The molecule has 1 amide bonds. The minimum absolute atomic E-state index is 0.106. The summed E-state index contributed by atoms with van der Waals surface area (Å²) < 4.78 is 5.22. The zero-order valence-electron chi connectivity index (χ0n) is 10.5. The van der Waals surface area contributed by atoms with E-state index in [1.807, 2.05) is 11.8 Å². The third-order valence-electron chi connectivity index (χ3n) is 2.88. The van der Waals surface area contributed by atoms with E-state index < -0.39 is 0 Å². The Morgan fingerprint density at radius 3 is 2.78 bits per heavy atom. The highest BCUT2D eigenvalue weighted by Gasteiger charge is 2.21. The molecule has 18 heavy (non-hydrogen) atoms. The minimum Gasteiger partial charge on any atom is -0.378 e. The largest absolute Gasteiger partial charge is 0.378 e. The molecule has 1 fully saturated rings. The summed E-state index contributed by atoms with van der Waals surface area (Å²) >= 11 is 0. The summed E-state index contributed by atoms with van der Waals surface area (Å²) in [6, 6.07) is 1.54. The lowest BCUT2D eigenvalue weighted by Gasteiger charge is -2.29. The van der Waals surface area contributed by atoms with Crippen molar-refractivity contribution in [2.75, 3.05) is 26.3 Å². The molecule has 0 bridgehead atoms. The van der Waals surface area contributed by atoms with E-state index in [0.717, 1.165) is 0 Å². The first-order chi connectivity index (χ1) is 8.77. The molecule has 0 aliphatic carbocycles. The van der Waals surface area contributed by atoms with Crippen LogP contribution < -0.4 is 5.32 Å². The van der Waals surface area contributed by atoms with Crippen LogP contribution in [0, 0.1) is 0 Å². The monoisotopic (exact) mass is 250 g/mol. The number of morpholine rings is 1. The van der Waals surface area contributed by atoms with Gasteiger partial charge in [0, 0.05) is 25.5 Å². The lowest BCUT2D eigenvalue weighted by atomic mass is 10.2. The first-order valence-electron chi connectivity index (χ1n) is 6.13. The molecule has 1 unspecified atom stereocenters. The van der Waals surface area contributed by atoms with Gasteiger partial charge in [-0.15, -0.1) is 0 Å². The van der Waals surface area contributed by atoms with Gasteiger partial charge in [0.1, 0.15) is 5.82 Å². The molecule has 1 aliphatic heterocycles. The third-order valence-corrected chi connectivity index (χ3v) is 2.88. The predicted octanol–water partition coefficient (Wildman–Crippen LogP) is -0.186. The number of ether oxygens (including phenoxy) is 1. The van der Waals surface area contributed by atoms with E-state index in [4.69, 9.17) is 4.74 Å². The summed E-state index contributed by atoms with van der Waals surface area (Å²) in [5, 5.41) is 3.14. The molecule has 0 saturated carbocycles. The van der Waals surface area contributed by atoms with Crippen LogP contribution >= 0.6 is 0 Å². The van der Waals surface area contributed by atoms with Crippen LogP contribution in [-0.2, 0) is 16.1 Å². The normalized spacial score (nSPS) is 17.5. The molecule has 6 heteroatoms. The molecule has 0 aromatic carbocycles. The summed E-state index contributed by atoms with van der Waals surface area (Å²) in [5.74, 6) is 0.799. The molecule has 2 heterocycles. The van der Waals surface area contributed by atoms with Gasteiger partial charge in [-0.05, 0) is 13.0 Å². The molecule has 1 atom stereocenters. The molecular weight excluding hydrogens is 232 g/mol. The summed E-state index contributed by atoms with van der Waals surface area (Å²) in [6.07, 6.45) is 3.39. The second-order valence-corrected chi connectivity index (χ2v) is 4.21. The smallest absolute Gasteiger partial charge is 0.239 e. The number of nitrogens with one attached hydrogen (secondary N) is 1. The lowest BCUT2D eigenvalue weighted by molar-refractivity contribution is -0.137. The Morgan fingerprint density at radius 1 is 1.44 bits per heavy atom. The molecule has 6 nitrogen and oxygen atoms in total. The van der Waals surface area contributed by atoms with E-state index in [9.17, 15) is 4.79 Å². The molecule has 0 radical (unpaired) electrons. The standard InChI is InChI=1S/C12H18N4O2/c1-10(12(17)16-5-7-18-8-6-16)15-9-11-13-3-2-4-14-11/h2-4,10,15H,5-9H2,1H3. The van der Waals surface area contributed by atoms with E-state index in [2.05, 4.69) is 15.3 Å². The van der Waals surface area contributed by atoms with E-state index in [-0.39, 0.29) is 11.9 Å². The van der Waals surface area contributed by atoms with Gasteiger partial charge in [-0.2, -0.15) is 0 Å². The summed E-state index contributed by atoms with van der Waals surface area (Å²) in [6.45, 7) is 4.96. The van der Waals surface area contributed by atoms with Crippen LogP contribution in [0.5, 0.6) is 0 Å². The second-order valence-electron chi connectivity index (χ2n) is 4.21. The van der Waals surface area contributed by atoms with Gasteiger partial charge in [0.05, 0.1) is 25.8 Å². The fourth-order valence-electron chi connectivity index (χ4n) is 1.81. The quantitative estimate of drug-likeness (QED) is 0.802. The van der Waals surface area contributed by atoms with Crippen LogP contribution in [0.15, 0.2) is 18.5 Å². The van der Waals surface area contributed by atoms with E-state index in [1.165, 1.54) is 0 Å². The number of aromatic nitrogens is 2. The van der Waals surface area contributed by atoms with E-state index in [1.54, 1.807) is 18.5 Å². The number of nitrogens with zero attached hydrogens (tertiary/aromatic N) is 3. The van der Waals surface area contributed by atoms with Gasteiger partial charge in [-0.3, -0.25) is 10.1 Å². The molecule has 0 spiro atoms. The van der Waals surface area contributed by atoms with Crippen LogP contribution in [0.25, 0.3) is 0 Å². The first kappa shape index (κ1) is 12.9. The van der Waals surface area contributed by atoms with Gasteiger partial charge in [0.25, 0.3) is 0 Å². The van der Waals surface area contributed by atoms with Crippen LogP contribution in [-0.4, -0.2) is 53.1 Å². The Balaban J connectivity index is 1.80. The molecule has 1 aliphatic rings. The van der Waals surface area contributed by atoms with Gasteiger partial charge < -0.3 is 9.64 Å². The van der Waals surface area contributed by atoms with Crippen molar-refractivity contribution in [1.82, 2.24) is 20.2 Å². The average Bonchev–Trinajstić information content (AvgIpc) is 2.46. The Hall–Kier alpha value is -1.53. The number of rotatable bonds is 4. The van der Waals surface area contributed by atoms with Crippen molar-refractivity contribution in [1.29, 1.82) is 0 Å². The van der Waals surface area contributed by atoms with Crippen molar-refractivity contribution >= 4 is 5.91 Å². The maximum absolute atomic E-state index is 12.1. The van der Waals surface area contributed by atoms with Gasteiger partial charge in [-0.25, -0.2) is 9.97 Å². The highest BCUT2D eigenvalue weighted by molar-refractivity contribution is 5.81. The van der Waals surface area contributed by atoms with Crippen molar-refractivity contribution in [2.24, 2.45) is 0 Å². The molecule has 1 saturated heterocycles. The number of hydrogen-bond donors (Lipinski definition) is 1. The maximum Gasteiger partial charge on any atom is 0.239 e. The highest BCUT2D eigenvalue weighted by atomic mass is 16.5. The van der Waals surface area contributed by atoms with Gasteiger partial charge in [0.15, 0.2) is 0 Å². The molecule has 1 aromatic rings. The van der Waals surface area contributed by atoms with E-state index in [0.29, 0.717) is 38.7 Å². The Kier molecular flexibility index (Phi) is 4.60. The Morgan fingerprint density at radius 2 is 2.11 bits per heavy atom. The van der Waals surface area contributed by atoms with Gasteiger partial charge in [-0.1, -0.05) is 0 Å². The van der Waals surface area contributed by atoms with Gasteiger partial charge in [0.2, 0.25) is 5.91 Å². The molecule has 1 N–H and O–H groups in total. The van der Waals surface area contributed by atoms with Crippen LogP contribution in [0.1, 0.15) is 12.7 Å². The van der Waals surface area contributed by atoms with Crippen molar-refractivity contribution in [2.45, 2.75) is 19.5 Å². The third kappa shape index (κ3) is 3.48. The first-order valence-corrected chi connectivity index (χ1v) is 6.13. The number of carbonyl (C=O) groups excluding carboxylic acids is 1. The molecule has 2 rings (SSSR count). The Bertz CT molecular complexity index is 379. The number of carbonyl (C=O) groups is 1. The minimum atomic E-state index is -0.230. The fourth-order valence-corrected chi connectivity index (χ4v) is 1.81. The lowest BCUT2D eigenvalue weighted by Crippen LogP contribution is -2.49. The fraction of sp³-hybridized carbons (Fsp3) is 0.583. The molecule has 98 valence electrons. The zero-order valence-corrected chi connectivity index (χ0v) is 10.5. The highest BCUT2D eigenvalue weighted by Crippen LogP contribution is 2.01. The van der Waals surface area contributed by atoms with Crippen LogP contribution in [0.4, 0.5) is 0 Å². The zero-order chi connectivity index (χ0) is 12.8. The van der Waals surface area contributed by atoms with E-state index >= 15 is 0 Å². The van der Waals surface area contributed by atoms with Crippen LogP contribution in [0.2, 0.25) is 0 Å². The number of amides is 1. The maximum atomic E-state index is 12.1. The SMILES string of the molecule is CC(NCc1ncccn1)C(=O)N1CCOCC1. The van der Waals surface area contributed by atoms with Crippen molar-refractivity contribution < 1.29 is 9.53 Å². The van der Waals surface area contributed by atoms with Gasteiger partial charge >= 0.3 is 0 Å². The predicted molar refractivity (Wildman–Crippen MR) is 65.7 cm³/mol. The topological polar surface area (TPSA) is 67.4 Å². The van der Waals surface area contributed by atoms with Crippen LogP contribution in [0.3, 0.4) is 0 Å². The van der Waals surface area contributed by atoms with Crippen molar-refractivity contribution in [3.63, 3.8) is 0 Å². The summed E-state index contributed by atoms with van der Waals surface area (Å²) in [5.41, 5.74) is 0. The summed E-state index contributed by atoms with van der Waals surface area (Å²) in [4.78, 5) is 22.1. The summed E-state index contributed by atoms with van der Waals surface area (Å²) in [7, 11) is 0. The molecule has 1 aromatic heterocycles. The average molecular weight is 250 g/mol. The number of hydrogen-bond acceptors (Lipinski definition) is 5. The Labute approximate surface area is 106 Å². The molecular formula is C12H18N4O2. The van der Waals surface area contributed by atoms with Crippen molar-refractivity contribution in [3.8, 4) is 0 Å². The second kappa shape index (κ2) is 6.42.